The molecular formula is C24H26F2N8O. The Morgan fingerprint density at radius 1 is 0.886 bits per heavy atom. The highest BCUT2D eigenvalue weighted by molar-refractivity contribution is 5.58. The van der Waals surface area contributed by atoms with E-state index in [0.717, 1.165) is 56.2 Å². The molecule has 35 heavy (non-hydrogen) atoms. The molecule has 1 aromatic carbocycles. The fraction of sp³-hybridized carbons (Fsp3) is 0.375. The zero-order chi connectivity index (χ0) is 24.2. The van der Waals surface area contributed by atoms with Gasteiger partial charge in [0, 0.05) is 44.5 Å². The molecule has 0 unspecified atom stereocenters. The number of rotatable bonds is 8. The van der Waals surface area contributed by atoms with Gasteiger partial charge in [-0.2, -0.15) is 8.78 Å². The van der Waals surface area contributed by atoms with E-state index in [2.05, 4.69) is 66.5 Å². The van der Waals surface area contributed by atoms with Crippen LogP contribution in [0, 0.1) is 0 Å². The van der Waals surface area contributed by atoms with Gasteiger partial charge < -0.3 is 9.32 Å². The Balaban J connectivity index is 1.18. The Bertz CT molecular complexity index is 1230. The highest BCUT2D eigenvalue weighted by Crippen LogP contribution is 2.23. The SMILES string of the molecule is CCN1CCN(Cc2ccc(-c3cn(Cc4ccc(-c5nnc(C(F)F)o5)cn4)nn3)cc2)CC1. The van der Waals surface area contributed by atoms with Crippen LogP contribution in [0.3, 0.4) is 0 Å². The number of likely N-dealkylation sites (N-methyl/N-ethyl adjacent to an activating group) is 1. The van der Waals surface area contributed by atoms with Crippen LogP contribution in [0.25, 0.3) is 22.7 Å². The lowest BCUT2D eigenvalue weighted by molar-refractivity contribution is 0.116. The molecule has 0 spiro atoms. The summed E-state index contributed by atoms with van der Waals surface area (Å²) in [5, 5.41) is 15.5. The van der Waals surface area contributed by atoms with Crippen molar-refractivity contribution in [3.05, 3.63) is 65.9 Å². The summed E-state index contributed by atoms with van der Waals surface area (Å²) in [7, 11) is 0. The molecule has 11 heteroatoms. The lowest BCUT2D eigenvalue weighted by Gasteiger charge is -2.34. The third kappa shape index (κ3) is 5.57. The van der Waals surface area contributed by atoms with Crippen LogP contribution < -0.4 is 0 Å². The van der Waals surface area contributed by atoms with Crippen LogP contribution in [-0.2, 0) is 13.1 Å². The fourth-order valence-electron chi connectivity index (χ4n) is 4.06. The summed E-state index contributed by atoms with van der Waals surface area (Å²) in [6.07, 6.45) is 0.584. The van der Waals surface area contributed by atoms with Gasteiger partial charge in [0.05, 0.1) is 24.0 Å². The van der Waals surface area contributed by atoms with Crippen molar-refractivity contribution in [2.24, 2.45) is 0 Å². The van der Waals surface area contributed by atoms with Crippen molar-refractivity contribution in [2.75, 3.05) is 32.7 Å². The summed E-state index contributed by atoms with van der Waals surface area (Å²) in [6.45, 7) is 9.17. The average Bonchev–Trinajstić information content (AvgIpc) is 3.56. The minimum Gasteiger partial charge on any atom is -0.415 e. The zero-order valence-corrected chi connectivity index (χ0v) is 19.4. The van der Waals surface area contributed by atoms with Gasteiger partial charge in [0.1, 0.15) is 5.69 Å². The van der Waals surface area contributed by atoms with E-state index in [-0.39, 0.29) is 5.89 Å². The third-order valence-electron chi connectivity index (χ3n) is 6.13. The van der Waals surface area contributed by atoms with E-state index in [0.29, 0.717) is 12.1 Å². The Labute approximate surface area is 201 Å². The smallest absolute Gasteiger partial charge is 0.314 e. The van der Waals surface area contributed by atoms with Crippen molar-refractivity contribution >= 4 is 0 Å². The van der Waals surface area contributed by atoms with E-state index in [1.165, 1.54) is 11.8 Å². The topological polar surface area (TPSA) is 89.0 Å². The van der Waals surface area contributed by atoms with E-state index in [1.807, 2.05) is 6.20 Å². The van der Waals surface area contributed by atoms with Crippen molar-refractivity contribution in [1.29, 1.82) is 0 Å². The molecule has 4 heterocycles. The van der Waals surface area contributed by atoms with Crippen molar-refractivity contribution in [1.82, 2.24) is 40.0 Å². The number of hydrogen-bond donors (Lipinski definition) is 0. The number of nitrogens with zero attached hydrogens (tertiary/aromatic N) is 8. The number of pyridine rings is 1. The molecule has 0 bridgehead atoms. The number of aromatic nitrogens is 6. The van der Waals surface area contributed by atoms with E-state index >= 15 is 0 Å². The minimum atomic E-state index is -2.80. The molecule has 0 atom stereocenters. The van der Waals surface area contributed by atoms with Gasteiger partial charge in [-0.1, -0.05) is 36.4 Å². The van der Waals surface area contributed by atoms with Crippen LogP contribution >= 0.6 is 0 Å². The fourth-order valence-corrected chi connectivity index (χ4v) is 4.06. The van der Waals surface area contributed by atoms with Gasteiger partial charge in [-0.3, -0.25) is 9.88 Å². The first-order valence-electron chi connectivity index (χ1n) is 11.6. The molecule has 0 aliphatic carbocycles. The molecule has 1 aliphatic heterocycles. The summed E-state index contributed by atoms with van der Waals surface area (Å²) >= 11 is 0. The number of benzene rings is 1. The maximum atomic E-state index is 12.6. The maximum Gasteiger partial charge on any atom is 0.314 e. The summed E-state index contributed by atoms with van der Waals surface area (Å²) in [5.41, 5.74) is 4.29. The summed E-state index contributed by atoms with van der Waals surface area (Å²) in [6, 6.07) is 11.9. The van der Waals surface area contributed by atoms with Crippen LogP contribution in [0.15, 0.2) is 53.2 Å². The van der Waals surface area contributed by atoms with Gasteiger partial charge >= 0.3 is 6.43 Å². The van der Waals surface area contributed by atoms with E-state index in [4.69, 9.17) is 4.42 Å². The molecule has 1 fully saturated rings. The standard InChI is InChI=1S/C24H26F2N8O/c1-2-32-9-11-33(12-10-32)14-17-3-5-18(6-4-17)21-16-34(31-28-21)15-20-8-7-19(13-27-20)23-29-30-24(35-23)22(25)26/h3-8,13,16,22H,2,9-12,14-15H2,1H3. The van der Waals surface area contributed by atoms with Crippen molar-refractivity contribution < 1.29 is 13.2 Å². The second kappa shape index (κ2) is 10.4. The molecule has 3 aromatic heterocycles. The molecule has 182 valence electrons. The molecule has 1 aliphatic rings. The van der Waals surface area contributed by atoms with Gasteiger partial charge in [0.25, 0.3) is 5.89 Å². The molecule has 4 aromatic rings. The third-order valence-corrected chi connectivity index (χ3v) is 6.13. The van der Waals surface area contributed by atoms with E-state index in [9.17, 15) is 8.78 Å². The molecule has 0 N–H and O–H groups in total. The van der Waals surface area contributed by atoms with Gasteiger partial charge in [-0.05, 0) is 24.2 Å². The lowest BCUT2D eigenvalue weighted by Crippen LogP contribution is -2.45. The van der Waals surface area contributed by atoms with Crippen LogP contribution in [-0.4, -0.2) is 72.7 Å². The average molecular weight is 481 g/mol. The summed E-state index contributed by atoms with van der Waals surface area (Å²) < 4.78 is 31.9. The first-order chi connectivity index (χ1) is 17.1. The Morgan fingerprint density at radius 2 is 1.63 bits per heavy atom. The van der Waals surface area contributed by atoms with Crippen LogP contribution in [0.2, 0.25) is 0 Å². The Morgan fingerprint density at radius 3 is 2.29 bits per heavy atom. The van der Waals surface area contributed by atoms with Crippen LogP contribution in [0.4, 0.5) is 8.78 Å². The van der Waals surface area contributed by atoms with Crippen molar-refractivity contribution in [3.8, 4) is 22.7 Å². The molecular weight excluding hydrogens is 454 g/mol. The second-order valence-corrected chi connectivity index (χ2v) is 8.49. The van der Waals surface area contributed by atoms with Gasteiger partial charge in [0.2, 0.25) is 5.89 Å². The molecule has 0 radical (unpaired) electrons. The van der Waals surface area contributed by atoms with E-state index in [1.54, 1.807) is 16.8 Å². The zero-order valence-electron chi connectivity index (χ0n) is 19.4. The maximum absolute atomic E-state index is 12.6. The molecule has 0 saturated carbocycles. The van der Waals surface area contributed by atoms with Gasteiger partial charge in [-0.25, -0.2) is 4.68 Å². The van der Waals surface area contributed by atoms with Crippen molar-refractivity contribution in [3.63, 3.8) is 0 Å². The first-order valence-corrected chi connectivity index (χ1v) is 11.6. The predicted molar refractivity (Wildman–Crippen MR) is 124 cm³/mol. The molecule has 1 saturated heterocycles. The largest absolute Gasteiger partial charge is 0.415 e. The molecule has 5 rings (SSSR count). The van der Waals surface area contributed by atoms with Crippen molar-refractivity contribution in [2.45, 2.75) is 26.4 Å². The number of halogens is 2. The number of alkyl halides is 2. The Hall–Kier alpha value is -3.57. The summed E-state index contributed by atoms with van der Waals surface area (Å²) in [4.78, 5) is 9.32. The monoisotopic (exact) mass is 480 g/mol. The first kappa shape index (κ1) is 23.2. The van der Waals surface area contributed by atoms with E-state index < -0.39 is 12.3 Å². The highest BCUT2D eigenvalue weighted by atomic mass is 19.3. The highest BCUT2D eigenvalue weighted by Gasteiger charge is 2.18. The lowest BCUT2D eigenvalue weighted by atomic mass is 10.1. The van der Waals surface area contributed by atoms with Gasteiger partial charge in [-0.15, -0.1) is 15.3 Å². The number of piperazine rings is 1. The minimum absolute atomic E-state index is 0.00839. The van der Waals surface area contributed by atoms with Crippen LogP contribution in [0.1, 0.15) is 30.5 Å². The Kier molecular flexibility index (Phi) is 6.87. The quantitative estimate of drug-likeness (QED) is 0.379. The normalized spacial score (nSPS) is 15.2. The predicted octanol–water partition coefficient (Wildman–Crippen LogP) is 3.51. The molecule has 0 amide bonds. The van der Waals surface area contributed by atoms with Gasteiger partial charge in [0.15, 0.2) is 0 Å². The number of hydrogen-bond acceptors (Lipinski definition) is 8. The molecule has 9 nitrogen and oxygen atoms in total. The van der Waals surface area contributed by atoms with Crippen LogP contribution in [0.5, 0.6) is 0 Å². The summed E-state index contributed by atoms with van der Waals surface area (Å²) in [5.74, 6) is -0.698. The second-order valence-electron chi connectivity index (χ2n) is 8.49.